The van der Waals surface area contributed by atoms with Crippen molar-refractivity contribution >= 4 is 29.4 Å². The summed E-state index contributed by atoms with van der Waals surface area (Å²) >= 11 is 6.42. The van der Waals surface area contributed by atoms with Crippen molar-refractivity contribution in [1.82, 2.24) is 4.90 Å². The van der Waals surface area contributed by atoms with Gasteiger partial charge in [0.15, 0.2) is 5.78 Å². The Bertz CT molecular complexity index is 947. The van der Waals surface area contributed by atoms with E-state index in [-0.39, 0.29) is 17.6 Å². The highest BCUT2D eigenvalue weighted by atomic mass is 35.5. The quantitative estimate of drug-likeness (QED) is 0.480. The van der Waals surface area contributed by atoms with E-state index < -0.39 is 0 Å². The minimum Gasteiger partial charge on any atom is -0.375 e. The molecule has 2 aromatic rings. The van der Waals surface area contributed by atoms with Crippen molar-refractivity contribution in [3.63, 3.8) is 0 Å². The van der Waals surface area contributed by atoms with Crippen LogP contribution >= 0.6 is 11.6 Å². The van der Waals surface area contributed by atoms with Gasteiger partial charge in [0.2, 0.25) is 0 Å². The number of fused-ring (bicyclic) bond motifs is 1. The summed E-state index contributed by atoms with van der Waals surface area (Å²) in [5.41, 5.74) is 3.58. The molecule has 0 amide bonds. The van der Waals surface area contributed by atoms with E-state index in [1.807, 2.05) is 18.2 Å². The lowest BCUT2D eigenvalue weighted by Crippen LogP contribution is -2.42. The second-order valence-electron chi connectivity index (χ2n) is 8.60. The van der Waals surface area contributed by atoms with Crippen LogP contribution < -0.4 is 5.32 Å². The Kier molecular flexibility index (Phi) is 7.03. The van der Waals surface area contributed by atoms with Crippen LogP contribution in [0.3, 0.4) is 0 Å². The molecule has 1 saturated heterocycles. The number of nitrogens with zero attached hydrogens (tertiary/aromatic N) is 1. The standard InChI is InChI=1S/C25H28ClFN2O2/c26-23-15-24-18(6-9-20(16-30)28-24)14-22(23)25(31)10-12-29-11-2-1-3-21(29)13-17-4-7-19(27)8-5-17/h4-5,7-8,14-16,20-21,28H,1-3,6,9-13H2. The molecule has 0 radical (unpaired) electrons. The molecule has 0 saturated carbocycles. The molecule has 4 rings (SSSR count). The largest absolute Gasteiger partial charge is 0.375 e. The molecule has 2 aliphatic rings. The van der Waals surface area contributed by atoms with E-state index in [4.69, 9.17) is 11.6 Å². The maximum atomic E-state index is 13.2. The van der Waals surface area contributed by atoms with Crippen molar-refractivity contribution in [3.05, 3.63) is 63.9 Å². The van der Waals surface area contributed by atoms with Gasteiger partial charge in [0.1, 0.15) is 12.1 Å². The number of halogens is 2. The maximum absolute atomic E-state index is 13.2. The number of likely N-dealkylation sites (tertiary alicyclic amines) is 1. The van der Waals surface area contributed by atoms with Gasteiger partial charge in [-0.05, 0) is 74.0 Å². The smallest absolute Gasteiger partial charge is 0.165 e. The number of Topliss-reactive ketones (excluding diaryl/α,β-unsaturated/α-hetero) is 1. The summed E-state index contributed by atoms with van der Waals surface area (Å²) in [6.45, 7) is 1.68. The van der Waals surface area contributed by atoms with E-state index in [1.165, 1.54) is 18.6 Å². The van der Waals surface area contributed by atoms with Crippen molar-refractivity contribution in [1.29, 1.82) is 0 Å². The molecule has 2 aromatic carbocycles. The minimum atomic E-state index is -0.214. The second-order valence-corrected chi connectivity index (χ2v) is 9.01. The summed E-state index contributed by atoms with van der Waals surface area (Å²) in [7, 11) is 0. The molecule has 2 aliphatic heterocycles. The zero-order valence-corrected chi connectivity index (χ0v) is 18.3. The van der Waals surface area contributed by atoms with Crippen molar-refractivity contribution in [2.45, 2.75) is 57.0 Å². The van der Waals surface area contributed by atoms with E-state index in [9.17, 15) is 14.0 Å². The molecule has 2 heterocycles. The van der Waals surface area contributed by atoms with Crippen LogP contribution in [0.1, 0.15) is 53.6 Å². The van der Waals surface area contributed by atoms with E-state index in [2.05, 4.69) is 10.2 Å². The van der Waals surface area contributed by atoms with Crippen LogP contribution in [0.5, 0.6) is 0 Å². The molecular weight excluding hydrogens is 415 g/mol. The van der Waals surface area contributed by atoms with E-state index in [0.717, 1.165) is 61.7 Å². The number of aryl methyl sites for hydroxylation is 1. The van der Waals surface area contributed by atoms with Gasteiger partial charge in [0, 0.05) is 30.3 Å². The third-order valence-electron chi connectivity index (χ3n) is 6.48. The van der Waals surface area contributed by atoms with Gasteiger partial charge < -0.3 is 10.1 Å². The summed E-state index contributed by atoms with van der Waals surface area (Å²) in [6.07, 6.45) is 7.10. The van der Waals surface area contributed by atoms with Gasteiger partial charge in [0.05, 0.1) is 11.1 Å². The number of aldehydes is 1. The average molecular weight is 443 g/mol. The van der Waals surface area contributed by atoms with Crippen LogP contribution in [0.25, 0.3) is 0 Å². The summed E-state index contributed by atoms with van der Waals surface area (Å²) in [6, 6.07) is 10.6. The first-order chi connectivity index (χ1) is 15.0. The molecule has 4 nitrogen and oxygen atoms in total. The fourth-order valence-electron chi connectivity index (χ4n) is 4.72. The predicted octanol–water partition coefficient (Wildman–Crippen LogP) is 5.07. The van der Waals surface area contributed by atoms with Crippen molar-refractivity contribution < 1.29 is 14.0 Å². The number of piperidine rings is 1. The first-order valence-electron chi connectivity index (χ1n) is 11.1. The fraction of sp³-hybridized carbons (Fsp3) is 0.440. The van der Waals surface area contributed by atoms with Crippen LogP contribution in [0, 0.1) is 5.82 Å². The van der Waals surface area contributed by atoms with Gasteiger partial charge in [-0.1, -0.05) is 30.2 Å². The van der Waals surface area contributed by atoms with Crippen LogP contribution in [-0.4, -0.2) is 42.1 Å². The molecule has 6 heteroatoms. The Labute approximate surface area is 187 Å². The highest BCUT2D eigenvalue weighted by Gasteiger charge is 2.25. The maximum Gasteiger partial charge on any atom is 0.165 e. The molecule has 164 valence electrons. The number of hydrogen-bond donors (Lipinski definition) is 1. The lowest BCUT2D eigenvalue weighted by atomic mass is 9.94. The fourth-order valence-corrected chi connectivity index (χ4v) is 4.98. The van der Waals surface area contributed by atoms with Gasteiger partial charge >= 0.3 is 0 Å². The number of anilines is 1. The normalized spacial score (nSPS) is 21.2. The molecule has 2 atom stereocenters. The molecule has 0 aromatic heterocycles. The molecule has 31 heavy (non-hydrogen) atoms. The molecule has 0 aliphatic carbocycles. The van der Waals surface area contributed by atoms with Gasteiger partial charge in [-0.25, -0.2) is 4.39 Å². The average Bonchev–Trinajstić information content (AvgIpc) is 2.79. The van der Waals surface area contributed by atoms with Crippen LogP contribution in [0.2, 0.25) is 5.02 Å². The third-order valence-corrected chi connectivity index (χ3v) is 6.80. The van der Waals surface area contributed by atoms with Crippen LogP contribution in [-0.2, 0) is 17.6 Å². The number of hydrogen-bond acceptors (Lipinski definition) is 4. The minimum absolute atomic E-state index is 0.0522. The Hall–Kier alpha value is -2.24. The predicted molar refractivity (Wildman–Crippen MR) is 122 cm³/mol. The number of carbonyl (C=O) groups is 2. The van der Waals surface area contributed by atoms with E-state index >= 15 is 0 Å². The number of ketones is 1. The first kappa shape index (κ1) is 22.0. The molecule has 1 fully saturated rings. The lowest BCUT2D eigenvalue weighted by molar-refractivity contribution is -0.108. The summed E-state index contributed by atoms with van der Waals surface area (Å²) in [5, 5.41) is 3.61. The van der Waals surface area contributed by atoms with Gasteiger partial charge in [-0.15, -0.1) is 0 Å². The highest BCUT2D eigenvalue weighted by Crippen LogP contribution is 2.31. The monoisotopic (exact) mass is 442 g/mol. The molecule has 0 spiro atoms. The Morgan fingerprint density at radius 3 is 2.77 bits per heavy atom. The Morgan fingerprint density at radius 2 is 2.00 bits per heavy atom. The third kappa shape index (κ3) is 5.34. The van der Waals surface area contributed by atoms with Crippen molar-refractivity contribution in [2.75, 3.05) is 18.4 Å². The van der Waals surface area contributed by atoms with Gasteiger partial charge in [-0.2, -0.15) is 0 Å². The van der Waals surface area contributed by atoms with Gasteiger partial charge in [-0.3, -0.25) is 9.69 Å². The zero-order valence-electron chi connectivity index (χ0n) is 17.6. The summed E-state index contributed by atoms with van der Waals surface area (Å²) in [5.74, 6) is -0.162. The molecule has 1 N–H and O–H groups in total. The van der Waals surface area contributed by atoms with E-state index in [0.29, 0.717) is 29.6 Å². The van der Waals surface area contributed by atoms with E-state index in [1.54, 1.807) is 6.07 Å². The zero-order chi connectivity index (χ0) is 21.8. The summed E-state index contributed by atoms with van der Waals surface area (Å²) in [4.78, 5) is 26.4. The number of nitrogens with one attached hydrogen (secondary N) is 1. The second kappa shape index (κ2) is 9.92. The molecule has 2 unspecified atom stereocenters. The highest BCUT2D eigenvalue weighted by molar-refractivity contribution is 6.34. The topological polar surface area (TPSA) is 49.4 Å². The molecular formula is C25H28ClFN2O2. The number of benzene rings is 2. The SMILES string of the molecule is O=CC1CCc2cc(C(=O)CCN3CCCCC3Cc3ccc(F)cc3)c(Cl)cc2N1. The first-order valence-corrected chi connectivity index (χ1v) is 11.5. The Morgan fingerprint density at radius 1 is 1.19 bits per heavy atom. The van der Waals surface area contributed by atoms with Crippen LogP contribution in [0.4, 0.5) is 10.1 Å². The molecule has 0 bridgehead atoms. The van der Waals surface area contributed by atoms with Crippen LogP contribution in [0.15, 0.2) is 36.4 Å². The number of rotatable bonds is 7. The number of carbonyl (C=O) groups excluding carboxylic acids is 2. The van der Waals surface area contributed by atoms with Crippen molar-refractivity contribution in [2.24, 2.45) is 0 Å². The van der Waals surface area contributed by atoms with Gasteiger partial charge in [0.25, 0.3) is 0 Å². The Balaban J connectivity index is 1.40. The lowest BCUT2D eigenvalue weighted by Gasteiger charge is -2.36. The summed E-state index contributed by atoms with van der Waals surface area (Å²) < 4.78 is 13.2. The van der Waals surface area contributed by atoms with Crippen molar-refractivity contribution in [3.8, 4) is 0 Å².